The smallest absolute Gasteiger partial charge is 0.459 e. The van der Waals surface area contributed by atoms with Gasteiger partial charge in [-0.25, -0.2) is 19.5 Å². The van der Waals surface area contributed by atoms with E-state index < -0.39 is 49.8 Å². The molecule has 0 saturated heterocycles. The quantitative estimate of drug-likeness (QED) is 0.261. The molecule has 14 heteroatoms. The van der Waals surface area contributed by atoms with Crippen LogP contribution in [0.4, 0.5) is 5.82 Å². The molecule has 0 spiro atoms. The lowest BCUT2D eigenvalue weighted by molar-refractivity contribution is -0.138. The number of aromatic nitrogens is 4. The van der Waals surface area contributed by atoms with Crippen LogP contribution in [0.1, 0.15) is 19.9 Å². The van der Waals surface area contributed by atoms with E-state index in [1.54, 1.807) is 41.8 Å². The summed E-state index contributed by atoms with van der Waals surface area (Å²) < 4.78 is 26.2. The third kappa shape index (κ3) is 5.00. The van der Waals surface area contributed by atoms with Gasteiger partial charge < -0.3 is 30.1 Å². The Hall–Kier alpha value is -3.09. The van der Waals surface area contributed by atoms with Gasteiger partial charge >= 0.3 is 13.7 Å². The van der Waals surface area contributed by atoms with Crippen molar-refractivity contribution in [1.82, 2.24) is 24.6 Å². The summed E-state index contributed by atoms with van der Waals surface area (Å²) in [6, 6.07) is 6.28. The first kappa shape index (κ1) is 25.0. The van der Waals surface area contributed by atoms with E-state index in [1.807, 2.05) is 0 Å². The number of anilines is 1. The summed E-state index contributed by atoms with van der Waals surface area (Å²) in [5, 5.41) is 33.3. The second-order valence-corrected chi connectivity index (χ2v) is 10.2. The number of benzene rings is 1. The number of para-hydroxylation sites is 1. The largest absolute Gasteiger partial charge is 0.480 e. The molecule has 1 saturated carbocycles. The van der Waals surface area contributed by atoms with Crippen molar-refractivity contribution in [3.63, 3.8) is 0 Å². The monoisotopic (exact) mass is 506 g/mol. The number of aliphatic hydroxyl groups is 2. The molecule has 0 radical (unpaired) electrons. The molecule has 2 aromatic heterocycles. The molecule has 0 aliphatic heterocycles. The number of nitrogens with one attached hydrogen (secondary N) is 1. The predicted molar refractivity (Wildman–Crippen MR) is 124 cm³/mol. The van der Waals surface area contributed by atoms with E-state index in [4.69, 9.17) is 14.8 Å². The van der Waals surface area contributed by atoms with Crippen LogP contribution in [0.25, 0.3) is 11.2 Å². The zero-order valence-corrected chi connectivity index (χ0v) is 19.9. The number of aliphatic carboxylic acids is 1. The van der Waals surface area contributed by atoms with Crippen molar-refractivity contribution in [2.24, 2.45) is 11.8 Å². The van der Waals surface area contributed by atoms with E-state index in [0.717, 1.165) is 0 Å². The summed E-state index contributed by atoms with van der Waals surface area (Å²) in [4.78, 5) is 23.7. The number of nitrogen functional groups attached to an aromatic ring is 1. The molecule has 4 rings (SSSR count). The first-order chi connectivity index (χ1) is 16.6. The molecule has 35 heavy (non-hydrogen) atoms. The summed E-state index contributed by atoms with van der Waals surface area (Å²) in [6.45, 7) is 2.81. The van der Waals surface area contributed by atoms with Crippen LogP contribution in [0.2, 0.25) is 0 Å². The zero-order chi connectivity index (χ0) is 25.3. The van der Waals surface area contributed by atoms with Crippen LogP contribution in [0.5, 0.6) is 5.75 Å². The summed E-state index contributed by atoms with van der Waals surface area (Å²) in [6.07, 6.45) is 0.294. The van der Waals surface area contributed by atoms with Gasteiger partial charge in [-0.05, 0) is 25.0 Å². The van der Waals surface area contributed by atoms with Crippen LogP contribution in [0.15, 0.2) is 43.0 Å². The van der Waals surface area contributed by atoms with E-state index in [9.17, 15) is 24.7 Å². The molecule has 13 nitrogen and oxygen atoms in total. The minimum absolute atomic E-state index is 0.187. The van der Waals surface area contributed by atoms with Crippen molar-refractivity contribution in [1.29, 1.82) is 0 Å². The number of imidazole rings is 1. The van der Waals surface area contributed by atoms with Crippen LogP contribution in [0.3, 0.4) is 0 Å². The highest BCUT2D eigenvalue weighted by Crippen LogP contribution is 2.48. The standard InChI is InChI=1S/C21H27N6O7P/c1-11-14(8-33-35(32,26-12(2)21(30)31)34-13-6-4-3-5-7-13)17(28)18(29)16(11)27-10-25-15-19(22)23-9-24-20(15)27/h3-7,9-12,14,16-18,28-29H,8H2,1-2H3,(H,26,32)(H,30,31)(H2,22,23,24)/t11?,12-,14-,16+,17+,18-,35-/m0/s1. The molecule has 1 aliphatic rings. The van der Waals surface area contributed by atoms with E-state index in [-0.39, 0.29) is 18.2 Å². The fraction of sp³-hybridized carbons (Fsp3) is 0.429. The number of carbonyl (C=O) groups is 1. The molecule has 0 amide bonds. The highest BCUT2D eigenvalue weighted by atomic mass is 31.2. The Labute approximate surface area is 200 Å². The number of hydrogen-bond donors (Lipinski definition) is 5. The molecule has 0 bridgehead atoms. The lowest BCUT2D eigenvalue weighted by Crippen LogP contribution is -2.35. The Bertz CT molecular complexity index is 1240. The maximum absolute atomic E-state index is 13.5. The molecular formula is C21H27N6O7P. The minimum atomic E-state index is -4.18. The first-order valence-corrected chi connectivity index (χ1v) is 12.4. The number of nitrogens with zero attached hydrogens (tertiary/aromatic N) is 4. The Balaban J connectivity index is 1.56. The normalized spacial score (nSPS) is 26.9. The predicted octanol–water partition coefficient (Wildman–Crippen LogP) is 1.20. The van der Waals surface area contributed by atoms with Gasteiger partial charge in [0, 0.05) is 5.92 Å². The van der Waals surface area contributed by atoms with Crippen molar-refractivity contribution >= 4 is 30.7 Å². The van der Waals surface area contributed by atoms with E-state index >= 15 is 0 Å². The van der Waals surface area contributed by atoms with Gasteiger partial charge in [0.1, 0.15) is 29.7 Å². The lowest BCUT2D eigenvalue weighted by Gasteiger charge is -2.26. The second-order valence-electron chi connectivity index (χ2n) is 8.46. The van der Waals surface area contributed by atoms with Crippen molar-refractivity contribution in [2.45, 2.75) is 38.1 Å². The van der Waals surface area contributed by atoms with Crippen molar-refractivity contribution in [3.05, 3.63) is 43.0 Å². The first-order valence-electron chi connectivity index (χ1n) is 10.9. The van der Waals surface area contributed by atoms with Gasteiger partial charge in [-0.1, -0.05) is 25.1 Å². The van der Waals surface area contributed by atoms with Gasteiger partial charge in [0.25, 0.3) is 0 Å². The van der Waals surface area contributed by atoms with Crippen molar-refractivity contribution in [3.8, 4) is 5.75 Å². The van der Waals surface area contributed by atoms with Crippen LogP contribution in [-0.2, 0) is 13.9 Å². The highest BCUT2D eigenvalue weighted by molar-refractivity contribution is 7.52. The number of carboxylic acid groups (broad SMARTS) is 1. The van der Waals surface area contributed by atoms with Crippen LogP contribution in [0, 0.1) is 11.8 Å². The number of fused-ring (bicyclic) bond motifs is 1. The molecule has 188 valence electrons. The number of carboxylic acids is 1. The molecule has 1 unspecified atom stereocenters. The maximum atomic E-state index is 13.5. The van der Waals surface area contributed by atoms with Gasteiger partial charge in [0.15, 0.2) is 11.5 Å². The van der Waals surface area contributed by atoms with E-state index in [0.29, 0.717) is 11.2 Å². The Morgan fingerprint density at radius 3 is 2.63 bits per heavy atom. The van der Waals surface area contributed by atoms with Gasteiger partial charge in [0.05, 0.1) is 25.1 Å². The number of aliphatic hydroxyl groups excluding tert-OH is 2. The molecule has 3 aromatic rings. The Morgan fingerprint density at radius 2 is 1.94 bits per heavy atom. The van der Waals surface area contributed by atoms with Crippen molar-refractivity contribution in [2.75, 3.05) is 12.3 Å². The fourth-order valence-electron chi connectivity index (χ4n) is 4.27. The minimum Gasteiger partial charge on any atom is -0.480 e. The molecule has 6 N–H and O–H groups in total. The van der Waals surface area contributed by atoms with Gasteiger partial charge in [-0.15, -0.1) is 0 Å². The van der Waals surface area contributed by atoms with Gasteiger partial charge in [-0.2, -0.15) is 5.09 Å². The molecule has 1 aliphatic carbocycles. The van der Waals surface area contributed by atoms with Gasteiger partial charge in [0.2, 0.25) is 0 Å². The summed E-state index contributed by atoms with van der Waals surface area (Å²) in [5.41, 5.74) is 6.63. The van der Waals surface area contributed by atoms with Crippen molar-refractivity contribution < 1.29 is 33.7 Å². The second kappa shape index (κ2) is 9.88. The van der Waals surface area contributed by atoms with Crippen LogP contribution < -0.4 is 15.3 Å². The molecule has 2 heterocycles. The topological polar surface area (TPSA) is 195 Å². The Morgan fingerprint density at radius 1 is 1.23 bits per heavy atom. The van der Waals surface area contributed by atoms with Crippen LogP contribution in [-0.4, -0.2) is 65.7 Å². The lowest BCUT2D eigenvalue weighted by atomic mass is 9.95. The number of nitrogens with two attached hydrogens (primary N) is 1. The molecule has 1 fully saturated rings. The molecular weight excluding hydrogens is 479 g/mol. The van der Waals surface area contributed by atoms with E-state index in [2.05, 4.69) is 20.0 Å². The maximum Gasteiger partial charge on any atom is 0.459 e. The molecule has 7 atom stereocenters. The average molecular weight is 506 g/mol. The zero-order valence-electron chi connectivity index (χ0n) is 19.0. The summed E-state index contributed by atoms with van der Waals surface area (Å²) >= 11 is 0. The Kier molecular flexibility index (Phi) is 7.06. The summed E-state index contributed by atoms with van der Waals surface area (Å²) in [5.74, 6) is -1.92. The summed E-state index contributed by atoms with van der Waals surface area (Å²) in [7, 11) is -4.18. The van der Waals surface area contributed by atoms with Gasteiger partial charge in [-0.3, -0.25) is 9.32 Å². The third-order valence-corrected chi connectivity index (χ3v) is 7.83. The third-order valence-electron chi connectivity index (χ3n) is 6.19. The van der Waals surface area contributed by atoms with E-state index in [1.165, 1.54) is 19.6 Å². The average Bonchev–Trinajstić information content (AvgIpc) is 3.32. The highest BCUT2D eigenvalue weighted by Gasteiger charge is 2.49. The number of rotatable bonds is 9. The number of hydrogen-bond acceptors (Lipinski definition) is 10. The SMILES string of the molecule is CC1[C@@H](n2cnc3c(N)ncnc32)[C@H](O)[C@H](O)[C@H]1CO[P@@](=O)(N[C@@H](C)C(=O)O)Oc1ccccc1. The fourth-order valence-corrected chi connectivity index (χ4v) is 5.81. The molecule has 1 aromatic carbocycles. The van der Waals surface area contributed by atoms with Crippen LogP contribution >= 0.6 is 7.75 Å².